The van der Waals surface area contributed by atoms with Crippen LogP contribution in [0.1, 0.15) is 7.43 Å². The molecule has 0 bridgehead atoms. The minimum absolute atomic E-state index is 0. The van der Waals surface area contributed by atoms with Crippen LogP contribution in [0.2, 0.25) is 118 Å². The van der Waals surface area contributed by atoms with Gasteiger partial charge in [-0.25, -0.2) is 13.6 Å². The van der Waals surface area contributed by atoms with Gasteiger partial charge in [-0.15, -0.1) is 0 Å². The zero-order valence-electron chi connectivity index (χ0n) is 33.9. The molecule has 1 unspecified atom stereocenters. The molecule has 2 saturated heterocycles. The zero-order chi connectivity index (χ0) is 37.8. The van der Waals surface area contributed by atoms with Gasteiger partial charge in [0, 0.05) is 18.6 Å². The van der Waals surface area contributed by atoms with Crippen LogP contribution in [0.25, 0.3) is 0 Å². The molecular weight excluding hydrogens is 822 g/mol. The minimum Gasteiger partial charge on any atom is -0.813 e. The smallest absolute Gasteiger partial charge is 0.337 e. The molecule has 0 aromatic heterocycles. The van der Waals surface area contributed by atoms with Gasteiger partial charge in [0.25, 0.3) is 0 Å². The van der Waals surface area contributed by atoms with E-state index in [-0.39, 0.29) is 52.7 Å². The third-order valence-corrected chi connectivity index (χ3v) is 12.3. The molecule has 2 heterocycles. The summed E-state index contributed by atoms with van der Waals surface area (Å²) in [5.41, 5.74) is 0. The molecule has 0 aliphatic carbocycles. The number of ether oxygens (including phenoxy) is 2. The predicted molar refractivity (Wildman–Crippen MR) is 218 cm³/mol. The molecule has 0 saturated carbocycles. The Morgan fingerprint density at radius 2 is 0.902 bits per heavy atom. The Morgan fingerprint density at radius 1 is 0.569 bits per heavy atom. The molecule has 0 aromatic carbocycles. The van der Waals surface area contributed by atoms with Gasteiger partial charge in [0.15, 0.2) is 80.7 Å². The van der Waals surface area contributed by atoms with E-state index < -0.39 is 111 Å². The van der Waals surface area contributed by atoms with Gasteiger partial charge in [-0.05, 0) is 118 Å². The average molecular weight is 895 g/mol. The van der Waals surface area contributed by atoms with Crippen LogP contribution >= 0.6 is 0 Å². The molecule has 10 nitrogen and oxygen atoms in total. The molecule has 0 aromatic rings. The van der Waals surface area contributed by atoms with Gasteiger partial charge in [-0.3, -0.25) is 0 Å². The van der Waals surface area contributed by atoms with Crippen LogP contribution in [0.4, 0.5) is 8.78 Å². The van der Waals surface area contributed by atoms with Crippen molar-refractivity contribution in [3.8, 4) is 0 Å². The third-order valence-electron chi connectivity index (χ3n) is 6.37. The minimum atomic E-state index is -2.07. The fourth-order valence-electron chi connectivity index (χ4n) is 4.71. The van der Waals surface area contributed by atoms with E-state index in [0.717, 1.165) is 0 Å². The van der Waals surface area contributed by atoms with Gasteiger partial charge in [-0.2, -0.15) is 0 Å². The van der Waals surface area contributed by atoms with Crippen LogP contribution in [0.5, 0.6) is 0 Å². The first-order valence-electron chi connectivity index (χ1n) is 17.0. The molecule has 2 aliphatic rings. The van der Waals surface area contributed by atoms with Crippen molar-refractivity contribution in [3.63, 3.8) is 0 Å². The van der Waals surface area contributed by atoms with Gasteiger partial charge < -0.3 is 54.6 Å². The number of cyclic esters (lactones) is 1. The van der Waals surface area contributed by atoms with Crippen LogP contribution in [0, 0.1) is 0 Å². The van der Waals surface area contributed by atoms with Gasteiger partial charge in [-0.1, -0.05) is 7.43 Å². The fourth-order valence-corrected chi connectivity index (χ4v) is 10.2. The first-order chi connectivity index (χ1) is 21.2. The van der Waals surface area contributed by atoms with Crippen molar-refractivity contribution in [1.82, 2.24) is 0 Å². The number of alkyl halides is 2. The molecule has 2 aliphatic heterocycles. The van der Waals surface area contributed by atoms with E-state index in [1.807, 2.05) is 118 Å². The Hall–Kier alpha value is 1.25. The Bertz CT molecular complexity index is 1020. The number of carbonyl (C=O) groups is 1. The van der Waals surface area contributed by atoms with E-state index in [4.69, 9.17) is 36.0 Å². The topological polar surface area (TPSA) is 111 Å². The van der Waals surface area contributed by atoms with E-state index in [1.54, 1.807) is 0 Å². The summed E-state index contributed by atoms with van der Waals surface area (Å²) in [5.74, 6) is -0.543. The van der Waals surface area contributed by atoms with Gasteiger partial charge in [0.05, 0.1) is 13.2 Å². The van der Waals surface area contributed by atoms with Crippen molar-refractivity contribution in [3.05, 3.63) is 0 Å². The molecule has 51 heavy (non-hydrogen) atoms. The summed E-state index contributed by atoms with van der Waals surface area (Å²) in [6, 6.07) is 0. The molecule has 1 N–H and O–H groups in total. The van der Waals surface area contributed by atoms with E-state index in [9.17, 15) is 9.90 Å². The van der Waals surface area contributed by atoms with Crippen molar-refractivity contribution < 1.29 is 73.3 Å². The summed E-state index contributed by atoms with van der Waals surface area (Å²) in [7, 11) is -11.8. The van der Waals surface area contributed by atoms with Crippen molar-refractivity contribution in [2.45, 2.75) is 181 Å². The summed E-state index contributed by atoms with van der Waals surface area (Å²) in [6.07, 6.45) is -9.39. The summed E-state index contributed by atoms with van der Waals surface area (Å²) < 4.78 is 76.6. The molecule has 307 valence electrons. The van der Waals surface area contributed by atoms with Crippen LogP contribution in [0.3, 0.4) is 0 Å². The van der Waals surface area contributed by atoms with Crippen LogP contribution in [0.15, 0.2) is 0 Å². The standard InChI is InChI=1S/C15H35FO5Si3.C15H33FO5Si3.CH4.H2S.V/c2*1-22(2,3)18-10-11-12(16)13(20-23(4,5)6)14(15(17)19-11)21-24(7,8)9;;;/h11-15,17H,10H2,1-9H3;11-14H,10H2,1-9H3;1H4;1H2;/p-1/t11-,12-,13+,14-,15?;11-,12-,13+,14-;;;/m11.../s1. The second-order valence-electron chi connectivity index (χ2n) is 18.5. The summed E-state index contributed by atoms with van der Waals surface area (Å²) in [6.45, 7) is 36.1. The number of carbonyl (C=O) groups excluding carboxylic acids is 1. The van der Waals surface area contributed by atoms with Gasteiger partial charge in [0.2, 0.25) is 0 Å². The van der Waals surface area contributed by atoms with Crippen LogP contribution in [-0.2, 0) is 72.9 Å². The van der Waals surface area contributed by atoms with Crippen molar-refractivity contribution >= 4 is 69.4 Å². The van der Waals surface area contributed by atoms with E-state index >= 15 is 8.78 Å². The maximum absolute atomic E-state index is 15.1. The molecule has 2 fully saturated rings. The fraction of sp³-hybridized carbons (Fsp3) is 0.968. The van der Waals surface area contributed by atoms with Crippen molar-refractivity contribution in [1.29, 1.82) is 0 Å². The first-order valence-corrected chi connectivity index (χ1v) is 37.4. The number of esters is 1. The van der Waals surface area contributed by atoms with Gasteiger partial charge in [0.1, 0.15) is 24.4 Å². The van der Waals surface area contributed by atoms with E-state index in [1.165, 1.54) is 0 Å². The molecule has 20 heteroatoms. The Kier molecular flexibility index (Phi) is 24.1. The SMILES string of the molecule is C.C[Si](C)(C)OC[C@H]1OC(=O)[C@H](O[Si](C)(C)C)[C@@H](O[Si](C)(C)C)[C@@H]1F.C[Si](C)(C)OC[C@H]1OC(O)[C@H](O[Si](C)(C)C)[C@@H](O[Si](C)(C)C)[C@@H]1F.[SH-].[V]. The summed E-state index contributed by atoms with van der Waals surface area (Å²) >= 11 is 0. The van der Waals surface area contributed by atoms with E-state index in [2.05, 4.69) is 0 Å². The number of rotatable bonds is 14. The van der Waals surface area contributed by atoms with Crippen molar-refractivity contribution in [2.75, 3.05) is 13.2 Å². The number of halogens is 2. The Morgan fingerprint density at radius 3 is 1.27 bits per heavy atom. The first kappa shape index (κ1) is 56.6. The van der Waals surface area contributed by atoms with Crippen LogP contribution < -0.4 is 0 Å². The van der Waals surface area contributed by atoms with Crippen molar-refractivity contribution in [2.24, 2.45) is 0 Å². The number of thiol groups is 1. The molecular formula is C31H73F2O10SSi6V-. The van der Waals surface area contributed by atoms with E-state index in [0.29, 0.717) is 0 Å². The number of hydrogen-bond donors (Lipinski definition) is 1. The number of aliphatic hydroxyl groups excluding tert-OH is 1. The molecule has 1 radical (unpaired) electrons. The van der Waals surface area contributed by atoms with Gasteiger partial charge >= 0.3 is 5.97 Å². The summed E-state index contributed by atoms with van der Waals surface area (Å²) in [5, 5.41) is 10.4. The molecule has 9 atom stereocenters. The molecule has 2 rings (SSSR count). The maximum Gasteiger partial charge on any atom is 0.337 e. The maximum atomic E-state index is 15.1. The summed E-state index contributed by atoms with van der Waals surface area (Å²) in [4.78, 5) is 12.4. The second-order valence-corrected chi connectivity index (χ2v) is 45.4. The van der Waals surface area contributed by atoms with Crippen LogP contribution in [-0.4, -0.2) is 129 Å². The Labute approximate surface area is 334 Å². The monoisotopic (exact) mass is 894 g/mol. The Balaban J connectivity index is -0.000000853. The second kappa shape index (κ2) is 21.7. The zero-order valence-corrected chi connectivity index (χ0v) is 42.2. The quantitative estimate of drug-likeness (QED) is 0.0826. The molecule has 0 spiro atoms. The molecule has 0 amide bonds. The largest absolute Gasteiger partial charge is 0.813 e. The third kappa shape index (κ3) is 23.2. The normalized spacial score (nSPS) is 29.4. The number of aliphatic hydroxyl groups is 1. The predicted octanol–water partition coefficient (Wildman–Crippen LogP) is 7.24. The average Bonchev–Trinajstić information content (AvgIpc) is 2.82. The number of hydrogen-bond acceptors (Lipinski definition) is 11.